The van der Waals surface area contributed by atoms with Crippen LogP contribution in [0.15, 0.2) is 48.5 Å². The van der Waals surface area contributed by atoms with Crippen LogP contribution in [0.1, 0.15) is 19.8 Å². The Bertz CT molecular complexity index is 688. The second-order valence-corrected chi connectivity index (χ2v) is 7.52. The number of hydrogen-bond acceptors (Lipinski definition) is 4. The van der Waals surface area contributed by atoms with Crippen LogP contribution >= 0.6 is 7.52 Å². The molecule has 0 aromatic heterocycles. The van der Waals surface area contributed by atoms with Gasteiger partial charge in [0.2, 0.25) is 0 Å². The van der Waals surface area contributed by atoms with Crippen LogP contribution < -0.4 is 19.1 Å². The number of unbranched alkanes of at least 4 members (excludes halogenated alkanes) is 1. The number of anilines is 1. The average molecular weight is 349 g/mol. The van der Waals surface area contributed by atoms with Crippen LogP contribution in [0.4, 0.5) is 5.69 Å². The van der Waals surface area contributed by atoms with Gasteiger partial charge in [0, 0.05) is 12.4 Å². The van der Waals surface area contributed by atoms with E-state index in [1.54, 1.807) is 25.3 Å². The van der Waals surface area contributed by atoms with E-state index in [4.69, 9.17) is 14.0 Å². The van der Waals surface area contributed by atoms with Crippen LogP contribution in [-0.4, -0.2) is 20.4 Å². The maximum absolute atomic E-state index is 12.7. The summed E-state index contributed by atoms with van der Waals surface area (Å²) in [4.78, 5) is 0. The predicted octanol–water partition coefficient (Wildman–Crippen LogP) is 5.19. The van der Waals surface area contributed by atoms with Gasteiger partial charge >= 0.3 is 7.52 Å². The molecule has 0 aliphatic heterocycles. The minimum absolute atomic E-state index is 0.442. The minimum atomic E-state index is -3.09. The van der Waals surface area contributed by atoms with Gasteiger partial charge in [-0.3, -0.25) is 4.57 Å². The van der Waals surface area contributed by atoms with Crippen LogP contribution in [0.5, 0.6) is 17.2 Å². The molecular formula is C18H24NO4P. The fraction of sp³-hybridized carbons (Fsp3) is 0.333. The van der Waals surface area contributed by atoms with Crippen molar-refractivity contribution in [2.24, 2.45) is 0 Å². The Morgan fingerprint density at radius 3 is 2.33 bits per heavy atom. The van der Waals surface area contributed by atoms with Gasteiger partial charge in [-0.15, -0.1) is 0 Å². The third-order valence-electron chi connectivity index (χ3n) is 3.29. The van der Waals surface area contributed by atoms with E-state index in [2.05, 4.69) is 12.0 Å². The zero-order valence-electron chi connectivity index (χ0n) is 14.3. The summed E-state index contributed by atoms with van der Waals surface area (Å²) >= 11 is 0. The van der Waals surface area contributed by atoms with E-state index in [1.807, 2.05) is 30.3 Å². The van der Waals surface area contributed by atoms with Crippen molar-refractivity contribution in [1.29, 1.82) is 0 Å². The van der Waals surface area contributed by atoms with Crippen molar-refractivity contribution in [2.45, 2.75) is 19.8 Å². The molecule has 0 amide bonds. The molecule has 6 heteroatoms. The van der Waals surface area contributed by atoms with Gasteiger partial charge < -0.3 is 19.1 Å². The van der Waals surface area contributed by atoms with Crippen molar-refractivity contribution in [3.63, 3.8) is 0 Å². The summed E-state index contributed by atoms with van der Waals surface area (Å²) in [6, 6.07) is 14.5. The average Bonchev–Trinajstić information content (AvgIpc) is 2.56. The topological polar surface area (TPSA) is 56.8 Å². The van der Waals surface area contributed by atoms with Crippen molar-refractivity contribution in [3.05, 3.63) is 48.5 Å². The fourth-order valence-electron chi connectivity index (χ4n) is 2.10. The Balaban J connectivity index is 1.99. The van der Waals surface area contributed by atoms with Gasteiger partial charge in [-0.05, 0) is 42.8 Å². The van der Waals surface area contributed by atoms with Crippen molar-refractivity contribution in [2.75, 3.05) is 25.5 Å². The monoisotopic (exact) mass is 349 g/mol. The van der Waals surface area contributed by atoms with E-state index in [0.29, 0.717) is 23.8 Å². The zero-order chi connectivity index (χ0) is 17.4. The molecule has 2 rings (SSSR count). The lowest BCUT2D eigenvalue weighted by molar-refractivity contribution is 0.309. The third kappa shape index (κ3) is 5.50. The highest BCUT2D eigenvalue weighted by molar-refractivity contribution is 7.60. The van der Waals surface area contributed by atoms with E-state index in [-0.39, 0.29) is 0 Å². The lowest BCUT2D eigenvalue weighted by Crippen LogP contribution is -2.03. The van der Waals surface area contributed by atoms with Crippen molar-refractivity contribution >= 4 is 13.2 Å². The summed E-state index contributed by atoms with van der Waals surface area (Å²) in [5.74, 6) is 1.78. The molecule has 1 N–H and O–H groups in total. The smallest absolute Gasteiger partial charge is 0.338 e. The van der Waals surface area contributed by atoms with Gasteiger partial charge in [-0.1, -0.05) is 25.5 Å². The quantitative estimate of drug-likeness (QED) is 0.499. The van der Waals surface area contributed by atoms with Crippen LogP contribution in [0.3, 0.4) is 0 Å². The molecule has 0 aliphatic rings. The third-order valence-corrected chi connectivity index (χ3v) is 4.50. The number of ether oxygens (including phenoxy) is 2. The van der Waals surface area contributed by atoms with E-state index in [0.717, 1.165) is 18.6 Å². The first-order valence-electron chi connectivity index (χ1n) is 7.95. The molecule has 0 unspecified atom stereocenters. The lowest BCUT2D eigenvalue weighted by atomic mass is 10.3. The Labute approximate surface area is 143 Å². The molecule has 0 fully saturated rings. The molecule has 0 aliphatic carbocycles. The first-order chi connectivity index (χ1) is 11.5. The van der Waals surface area contributed by atoms with E-state index < -0.39 is 7.52 Å². The van der Waals surface area contributed by atoms with Gasteiger partial charge in [-0.2, -0.15) is 0 Å². The Kier molecular flexibility index (Phi) is 6.56. The van der Waals surface area contributed by atoms with Crippen LogP contribution in [-0.2, 0) is 4.57 Å². The SMILES string of the molecule is CCCCOc1ccc(N[P@@](C)(=O)Oc2ccccc2OC)cc1. The molecule has 2 aromatic carbocycles. The molecule has 2 aromatic rings. The number of rotatable bonds is 9. The first-order valence-corrected chi connectivity index (χ1v) is 10.0. The van der Waals surface area contributed by atoms with E-state index in [1.165, 1.54) is 6.66 Å². The Morgan fingerprint density at radius 1 is 1.04 bits per heavy atom. The van der Waals surface area contributed by atoms with Crippen molar-refractivity contribution < 1.29 is 18.6 Å². The first kappa shape index (κ1) is 18.2. The Morgan fingerprint density at radius 2 is 1.71 bits per heavy atom. The molecule has 0 radical (unpaired) electrons. The summed E-state index contributed by atoms with van der Waals surface area (Å²) in [6.45, 7) is 4.36. The molecular weight excluding hydrogens is 325 g/mol. The predicted molar refractivity (Wildman–Crippen MR) is 97.6 cm³/mol. The van der Waals surface area contributed by atoms with Gasteiger partial charge in [0.25, 0.3) is 0 Å². The normalized spacial score (nSPS) is 13.0. The van der Waals surface area contributed by atoms with E-state index in [9.17, 15) is 4.57 Å². The van der Waals surface area contributed by atoms with Gasteiger partial charge in [0.05, 0.1) is 13.7 Å². The number of methoxy groups -OCH3 is 1. The standard InChI is InChI=1S/C18H24NO4P/c1-4-5-14-22-16-12-10-15(11-13-16)19-24(3,20)23-18-9-7-6-8-17(18)21-2/h6-13H,4-5,14H2,1-3H3,(H,19,20)/t24-/m0/s1. The van der Waals surface area contributed by atoms with Gasteiger partial charge in [0.1, 0.15) is 5.75 Å². The molecule has 24 heavy (non-hydrogen) atoms. The van der Waals surface area contributed by atoms with Crippen molar-refractivity contribution in [3.8, 4) is 17.2 Å². The molecule has 0 saturated carbocycles. The maximum atomic E-state index is 12.7. The Hall–Kier alpha value is -2.13. The number of para-hydroxylation sites is 2. The molecule has 1 atom stereocenters. The lowest BCUT2D eigenvalue weighted by Gasteiger charge is -2.19. The highest BCUT2D eigenvalue weighted by Gasteiger charge is 2.19. The molecule has 0 saturated heterocycles. The molecule has 0 spiro atoms. The fourth-order valence-corrected chi connectivity index (χ4v) is 3.29. The number of nitrogens with one attached hydrogen (secondary N) is 1. The highest BCUT2D eigenvalue weighted by atomic mass is 31.2. The molecule has 0 bridgehead atoms. The number of benzene rings is 2. The minimum Gasteiger partial charge on any atom is -0.494 e. The largest absolute Gasteiger partial charge is 0.494 e. The second kappa shape index (κ2) is 8.65. The van der Waals surface area contributed by atoms with E-state index >= 15 is 0 Å². The number of hydrogen-bond donors (Lipinski definition) is 1. The van der Waals surface area contributed by atoms with Crippen LogP contribution in [0.2, 0.25) is 0 Å². The molecule has 5 nitrogen and oxygen atoms in total. The summed E-state index contributed by atoms with van der Waals surface area (Å²) < 4.78 is 29.1. The summed E-state index contributed by atoms with van der Waals surface area (Å²) in [5, 5.41) is 2.93. The van der Waals surface area contributed by atoms with Crippen LogP contribution in [0.25, 0.3) is 0 Å². The maximum Gasteiger partial charge on any atom is 0.338 e. The summed E-state index contributed by atoms with van der Waals surface area (Å²) in [6.07, 6.45) is 2.12. The summed E-state index contributed by atoms with van der Waals surface area (Å²) in [5.41, 5.74) is 0.707. The second-order valence-electron chi connectivity index (χ2n) is 5.43. The highest BCUT2D eigenvalue weighted by Crippen LogP contribution is 2.46. The molecule has 0 heterocycles. The van der Waals surface area contributed by atoms with Gasteiger partial charge in [0.15, 0.2) is 11.5 Å². The summed E-state index contributed by atoms with van der Waals surface area (Å²) in [7, 11) is -1.54. The van der Waals surface area contributed by atoms with Crippen molar-refractivity contribution in [1.82, 2.24) is 0 Å². The van der Waals surface area contributed by atoms with Gasteiger partial charge in [-0.25, -0.2) is 0 Å². The van der Waals surface area contributed by atoms with Crippen LogP contribution in [0, 0.1) is 0 Å². The zero-order valence-corrected chi connectivity index (χ0v) is 15.2. The molecule has 130 valence electrons.